The van der Waals surface area contributed by atoms with E-state index in [0.29, 0.717) is 16.0 Å². The largest absolute Gasteiger partial charge is 0.318 e. The van der Waals surface area contributed by atoms with Crippen LogP contribution in [0.5, 0.6) is 0 Å². The molecule has 1 aromatic heterocycles. The molecule has 5 fully saturated rings. The normalized spacial score (nSPS) is 29.6. The van der Waals surface area contributed by atoms with Gasteiger partial charge in [-0.05, 0) is 135 Å². The number of thioether (sulfide) groups is 1. The minimum absolute atomic E-state index is 0.253. The second-order valence-corrected chi connectivity index (χ2v) is 12.8. The maximum absolute atomic E-state index is 13.1. The van der Waals surface area contributed by atoms with Crippen molar-refractivity contribution in [2.24, 2.45) is 17.8 Å². The molecular weight excluding hydrogens is 476 g/mol. The molecule has 5 heteroatoms. The van der Waals surface area contributed by atoms with Crippen LogP contribution in [-0.4, -0.2) is 15.7 Å². The van der Waals surface area contributed by atoms with E-state index in [1.807, 2.05) is 24.3 Å². The fourth-order valence-electron chi connectivity index (χ4n) is 8.17. The first-order chi connectivity index (χ1) is 17.9. The number of carbonyl (C=O) groups excluding carboxylic acids is 2. The van der Waals surface area contributed by atoms with E-state index >= 15 is 0 Å². The number of rotatable bonds is 4. The summed E-state index contributed by atoms with van der Waals surface area (Å²) in [7, 11) is 0. The highest BCUT2D eigenvalue weighted by Gasteiger charge is 2.51. The van der Waals surface area contributed by atoms with E-state index < -0.39 is 0 Å². The van der Waals surface area contributed by atoms with Gasteiger partial charge in [0.15, 0.2) is 0 Å². The van der Waals surface area contributed by atoms with Crippen LogP contribution in [0.25, 0.3) is 11.8 Å². The van der Waals surface area contributed by atoms with Gasteiger partial charge in [-0.2, -0.15) is 0 Å². The number of nitrogens with zero attached hydrogens (tertiary/aromatic N) is 2. The first-order valence-corrected chi connectivity index (χ1v) is 14.3. The molecule has 8 rings (SSSR count). The van der Waals surface area contributed by atoms with Crippen LogP contribution in [0.1, 0.15) is 61.0 Å². The SMILES string of the molecule is Cc1cc(/C=C2\SC(=O)N(c3ccccc3)C2=O)c(C)n1-c1ccc(C23CC4CC(CC(C4)C2)C3)cc1. The van der Waals surface area contributed by atoms with Crippen LogP contribution in [-0.2, 0) is 10.2 Å². The van der Waals surface area contributed by atoms with Crippen LogP contribution in [0.4, 0.5) is 10.5 Å². The van der Waals surface area contributed by atoms with Crippen molar-refractivity contribution in [2.75, 3.05) is 4.90 Å². The fourth-order valence-corrected chi connectivity index (χ4v) is 9.00. The number of amides is 2. The molecule has 37 heavy (non-hydrogen) atoms. The Morgan fingerprint density at radius 2 is 1.46 bits per heavy atom. The first-order valence-electron chi connectivity index (χ1n) is 13.5. The molecule has 1 aliphatic heterocycles. The van der Waals surface area contributed by atoms with Crippen LogP contribution >= 0.6 is 11.8 Å². The average Bonchev–Trinajstić information content (AvgIpc) is 3.32. The van der Waals surface area contributed by atoms with Gasteiger partial charge in [-0.15, -0.1) is 0 Å². The first kappa shape index (κ1) is 23.1. The molecule has 0 N–H and O–H groups in total. The second-order valence-electron chi connectivity index (χ2n) is 11.8. The molecule has 1 saturated heterocycles. The van der Waals surface area contributed by atoms with Crippen molar-refractivity contribution in [1.82, 2.24) is 4.57 Å². The molecule has 2 aromatic carbocycles. The second kappa shape index (κ2) is 8.49. The number of hydrogen-bond acceptors (Lipinski definition) is 3. The quantitative estimate of drug-likeness (QED) is 0.338. The molecule has 4 saturated carbocycles. The maximum atomic E-state index is 13.1. The Morgan fingerprint density at radius 1 is 0.838 bits per heavy atom. The summed E-state index contributed by atoms with van der Waals surface area (Å²) in [6.45, 7) is 4.19. The lowest BCUT2D eigenvalue weighted by atomic mass is 9.48. The fraction of sp³-hybridized carbons (Fsp3) is 0.375. The molecule has 4 bridgehead atoms. The zero-order valence-electron chi connectivity index (χ0n) is 21.4. The van der Waals surface area contributed by atoms with Crippen LogP contribution in [0, 0.1) is 31.6 Å². The lowest BCUT2D eigenvalue weighted by Crippen LogP contribution is -2.48. The molecule has 0 spiro atoms. The van der Waals surface area contributed by atoms with Gasteiger partial charge in [0.1, 0.15) is 0 Å². The number of para-hydroxylation sites is 1. The zero-order valence-corrected chi connectivity index (χ0v) is 22.3. The van der Waals surface area contributed by atoms with Gasteiger partial charge in [-0.25, -0.2) is 4.90 Å². The van der Waals surface area contributed by atoms with Crippen LogP contribution < -0.4 is 4.90 Å². The summed E-state index contributed by atoms with van der Waals surface area (Å²) < 4.78 is 2.26. The van der Waals surface area contributed by atoms with Crippen molar-refractivity contribution >= 4 is 34.7 Å². The smallest absolute Gasteiger partial charge is 0.298 e. The van der Waals surface area contributed by atoms with Gasteiger partial charge in [0.05, 0.1) is 10.6 Å². The predicted octanol–water partition coefficient (Wildman–Crippen LogP) is 7.80. The molecule has 3 aromatic rings. The third kappa shape index (κ3) is 3.73. The average molecular weight is 509 g/mol. The van der Waals surface area contributed by atoms with Gasteiger partial charge >= 0.3 is 0 Å². The van der Waals surface area contributed by atoms with Crippen molar-refractivity contribution in [3.63, 3.8) is 0 Å². The van der Waals surface area contributed by atoms with Crippen molar-refractivity contribution in [3.8, 4) is 5.69 Å². The van der Waals surface area contributed by atoms with Gasteiger partial charge in [0.2, 0.25) is 0 Å². The Bertz CT molecular complexity index is 1400. The van der Waals surface area contributed by atoms with Gasteiger partial charge < -0.3 is 4.57 Å². The molecule has 5 aliphatic rings. The number of benzene rings is 2. The van der Waals surface area contributed by atoms with E-state index in [1.165, 1.54) is 49.0 Å². The van der Waals surface area contributed by atoms with Crippen LogP contribution in [0.15, 0.2) is 65.6 Å². The van der Waals surface area contributed by atoms with Gasteiger partial charge in [0, 0.05) is 17.1 Å². The number of aryl methyl sites for hydroxylation is 1. The van der Waals surface area contributed by atoms with E-state index in [-0.39, 0.29) is 11.1 Å². The highest BCUT2D eigenvalue weighted by atomic mass is 32.2. The Kier molecular flexibility index (Phi) is 5.30. The summed E-state index contributed by atoms with van der Waals surface area (Å²) in [4.78, 5) is 27.5. The van der Waals surface area contributed by atoms with Gasteiger partial charge in [0.25, 0.3) is 11.1 Å². The number of carbonyl (C=O) groups is 2. The van der Waals surface area contributed by atoms with E-state index in [4.69, 9.17) is 0 Å². The van der Waals surface area contributed by atoms with Crippen molar-refractivity contribution in [1.29, 1.82) is 0 Å². The van der Waals surface area contributed by atoms with Crippen molar-refractivity contribution in [2.45, 2.75) is 57.8 Å². The lowest BCUT2D eigenvalue weighted by molar-refractivity contribution is -0.113. The molecule has 0 radical (unpaired) electrons. The molecule has 4 nitrogen and oxygen atoms in total. The molecule has 0 unspecified atom stereocenters. The Hall–Kier alpha value is -3.05. The summed E-state index contributed by atoms with van der Waals surface area (Å²) in [6.07, 6.45) is 10.4. The zero-order chi connectivity index (χ0) is 25.3. The summed E-state index contributed by atoms with van der Waals surface area (Å²) in [5, 5.41) is -0.253. The van der Waals surface area contributed by atoms with E-state index in [1.54, 1.807) is 12.1 Å². The number of aromatic nitrogens is 1. The van der Waals surface area contributed by atoms with Crippen molar-refractivity contribution < 1.29 is 9.59 Å². The molecule has 2 heterocycles. The standard InChI is InChI=1S/C32H32N2O2S/c1-20-12-25(16-29-30(35)34(31(36)37-29)27-6-4-3-5-7-27)21(2)33(20)28-10-8-26(9-11-28)32-17-22-13-23(18-32)15-24(14-22)19-32/h3-12,16,22-24H,13-15,17-19H2,1-2H3/b29-16-. The molecule has 4 aliphatic carbocycles. The molecule has 188 valence electrons. The third-order valence-electron chi connectivity index (χ3n) is 9.34. The van der Waals surface area contributed by atoms with E-state index in [2.05, 4.69) is 48.7 Å². The van der Waals surface area contributed by atoms with Gasteiger partial charge in [-0.1, -0.05) is 30.3 Å². The monoisotopic (exact) mass is 508 g/mol. The van der Waals surface area contributed by atoms with Crippen LogP contribution in [0.2, 0.25) is 0 Å². The predicted molar refractivity (Wildman–Crippen MR) is 150 cm³/mol. The maximum Gasteiger partial charge on any atom is 0.298 e. The van der Waals surface area contributed by atoms with Crippen LogP contribution in [0.3, 0.4) is 0 Å². The molecule has 0 atom stereocenters. The molecule has 2 amide bonds. The van der Waals surface area contributed by atoms with E-state index in [9.17, 15) is 9.59 Å². The summed E-state index contributed by atoms with van der Waals surface area (Å²) in [5.74, 6) is 2.56. The topological polar surface area (TPSA) is 42.3 Å². The summed E-state index contributed by atoms with van der Waals surface area (Å²) in [6, 6.07) is 20.6. The summed E-state index contributed by atoms with van der Waals surface area (Å²) >= 11 is 1.01. The molecular formula is C32H32N2O2S. The van der Waals surface area contributed by atoms with Gasteiger partial charge in [-0.3, -0.25) is 9.59 Å². The number of imide groups is 1. The Morgan fingerprint density at radius 3 is 2.08 bits per heavy atom. The minimum atomic E-state index is -0.258. The summed E-state index contributed by atoms with van der Waals surface area (Å²) in [5.41, 5.74) is 6.87. The van der Waals surface area contributed by atoms with E-state index in [0.717, 1.165) is 52.2 Å². The van der Waals surface area contributed by atoms with Crippen molar-refractivity contribution in [3.05, 3.63) is 88.1 Å². The Balaban J connectivity index is 1.17. The lowest BCUT2D eigenvalue weighted by Gasteiger charge is -2.57. The highest BCUT2D eigenvalue weighted by Crippen LogP contribution is 2.60. The number of anilines is 1. The third-order valence-corrected chi connectivity index (χ3v) is 10.2. The minimum Gasteiger partial charge on any atom is -0.318 e. The number of hydrogen-bond donors (Lipinski definition) is 0. The Labute approximate surface area is 222 Å². The highest BCUT2D eigenvalue weighted by molar-refractivity contribution is 8.19.